The van der Waals surface area contributed by atoms with Crippen LogP contribution >= 0.6 is 0 Å². The number of rotatable bonds is 6. The number of halogens is 2. The topological polar surface area (TPSA) is 71.5 Å². The molecule has 1 aliphatic rings. The summed E-state index contributed by atoms with van der Waals surface area (Å²) in [5.74, 6) is -1.61. The van der Waals surface area contributed by atoms with Gasteiger partial charge < -0.3 is 15.0 Å². The SMILES string of the molecule is COc1ccccc1CNC(=O)c1ccc(C)nc1C1CCN(C(=O)c2ccc(F)cc2F)CC1. The Hall–Kier alpha value is -3.81. The molecule has 3 aromatic rings. The molecule has 2 amide bonds. The van der Waals surface area contributed by atoms with Crippen LogP contribution in [0.3, 0.4) is 0 Å². The molecule has 1 aromatic heterocycles. The Morgan fingerprint density at radius 2 is 1.77 bits per heavy atom. The maximum Gasteiger partial charge on any atom is 0.256 e. The zero-order chi connectivity index (χ0) is 24.9. The first-order chi connectivity index (χ1) is 16.9. The van der Waals surface area contributed by atoms with Gasteiger partial charge in [-0.25, -0.2) is 8.78 Å². The number of hydrogen-bond donors (Lipinski definition) is 1. The van der Waals surface area contributed by atoms with Crippen LogP contribution in [0.2, 0.25) is 0 Å². The molecular weight excluding hydrogens is 452 g/mol. The lowest BCUT2D eigenvalue weighted by Gasteiger charge is -2.32. The molecule has 1 fully saturated rings. The second-order valence-corrected chi connectivity index (χ2v) is 8.57. The summed E-state index contributed by atoms with van der Waals surface area (Å²) in [4.78, 5) is 32.1. The number of ether oxygens (including phenoxy) is 1. The summed E-state index contributed by atoms with van der Waals surface area (Å²) >= 11 is 0. The third-order valence-corrected chi connectivity index (χ3v) is 6.27. The van der Waals surface area contributed by atoms with E-state index < -0.39 is 17.5 Å². The second kappa shape index (κ2) is 10.6. The van der Waals surface area contributed by atoms with Crippen molar-refractivity contribution in [3.8, 4) is 5.75 Å². The molecule has 182 valence electrons. The van der Waals surface area contributed by atoms with Gasteiger partial charge in [-0.3, -0.25) is 14.6 Å². The van der Waals surface area contributed by atoms with E-state index in [-0.39, 0.29) is 17.4 Å². The second-order valence-electron chi connectivity index (χ2n) is 8.57. The summed E-state index contributed by atoms with van der Waals surface area (Å²) < 4.78 is 32.6. The Kier molecular flexibility index (Phi) is 7.39. The third-order valence-electron chi connectivity index (χ3n) is 6.27. The number of carbonyl (C=O) groups is 2. The fourth-order valence-electron chi connectivity index (χ4n) is 4.39. The van der Waals surface area contributed by atoms with Crippen LogP contribution in [0.15, 0.2) is 54.6 Å². The number of piperidine rings is 1. The molecule has 0 spiro atoms. The summed E-state index contributed by atoms with van der Waals surface area (Å²) in [7, 11) is 1.59. The lowest BCUT2D eigenvalue weighted by molar-refractivity contribution is 0.0705. The van der Waals surface area contributed by atoms with Crippen molar-refractivity contribution in [1.82, 2.24) is 15.2 Å². The molecule has 0 atom stereocenters. The van der Waals surface area contributed by atoms with E-state index in [0.717, 1.165) is 17.3 Å². The van der Waals surface area contributed by atoms with Crippen LogP contribution in [0.25, 0.3) is 0 Å². The van der Waals surface area contributed by atoms with Crippen molar-refractivity contribution in [2.24, 2.45) is 0 Å². The molecule has 0 unspecified atom stereocenters. The van der Waals surface area contributed by atoms with Crippen LogP contribution in [-0.4, -0.2) is 41.9 Å². The van der Waals surface area contributed by atoms with Crippen molar-refractivity contribution in [1.29, 1.82) is 0 Å². The van der Waals surface area contributed by atoms with Crippen LogP contribution in [0, 0.1) is 18.6 Å². The van der Waals surface area contributed by atoms with Crippen molar-refractivity contribution < 1.29 is 23.1 Å². The first kappa shape index (κ1) is 24.3. The standard InChI is InChI=1S/C27H27F2N3O3/c1-17-7-9-22(26(33)30-16-19-5-3-4-6-24(19)35-2)25(31-17)18-11-13-32(14-12-18)27(34)21-10-8-20(28)15-23(21)29/h3-10,15,18H,11-14,16H2,1-2H3,(H,30,33). The van der Waals surface area contributed by atoms with E-state index in [9.17, 15) is 18.4 Å². The molecule has 8 heteroatoms. The summed E-state index contributed by atoms with van der Waals surface area (Å²) in [6, 6.07) is 14.0. The van der Waals surface area contributed by atoms with Gasteiger partial charge in [-0.05, 0) is 50.1 Å². The molecule has 0 aliphatic carbocycles. The Balaban J connectivity index is 1.45. The van der Waals surface area contributed by atoms with E-state index >= 15 is 0 Å². The fourth-order valence-corrected chi connectivity index (χ4v) is 4.39. The fraction of sp³-hybridized carbons (Fsp3) is 0.296. The van der Waals surface area contributed by atoms with Crippen molar-refractivity contribution >= 4 is 11.8 Å². The van der Waals surface area contributed by atoms with Crippen LogP contribution in [0.1, 0.15) is 56.4 Å². The minimum atomic E-state index is -0.869. The number of benzene rings is 2. The van der Waals surface area contributed by atoms with Gasteiger partial charge >= 0.3 is 0 Å². The largest absolute Gasteiger partial charge is 0.496 e. The van der Waals surface area contributed by atoms with Gasteiger partial charge in [0, 0.05) is 42.9 Å². The number of methoxy groups -OCH3 is 1. The Bertz CT molecular complexity index is 1240. The number of pyridine rings is 1. The molecule has 0 radical (unpaired) electrons. The number of nitrogens with zero attached hydrogens (tertiary/aromatic N) is 2. The highest BCUT2D eigenvalue weighted by molar-refractivity contribution is 5.96. The summed E-state index contributed by atoms with van der Waals surface area (Å²) in [6.45, 7) is 2.96. The molecule has 1 aliphatic heterocycles. The summed E-state index contributed by atoms with van der Waals surface area (Å²) in [6.07, 6.45) is 1.16. The number of para-hydroxylation sites is 1. The van der Waals surface area contributed by atoms with Crippen LogP contribution in [0.5, 0.6) is 5.75 Å². The Morgan fingerprint density at radius 1 is 1.06 bits per heavy atom. The zero-order valence-corrected chi connectivity index (χ0v) is 19.7. The molecule has 6 nitrogen and oxygen atoms in total. The van der Waals surface area contributed by atoms with Gasteiger partial charge in [-0.1, -0.05) is 18.2 Å². The molecule has 4 rings (SSSR count). The number of aryl methyl sites for hydroxylation is 1. The summed E-state index contributed by atoms with van der Waals surface area (Å²) in [5, 5.41) is 2.95. The molecule has 0 bridgehead atoms. The molecular formula is C27H27F2N3O3. The van der Waals surface area contributed by atoms with Crippen molar-refractivity contribution in [3.63, 3.8) is 0 Å². The number of likely N-dealkylation sites (tertiary alicyclic amines) is 1. The van der Waals surface area contributed by atoms with Gasteiger partial charge in [0.15, 0.2) is 0 Å². The van der Waals surface area contributed by atoms with E-state index in [4.69, 9.17) is 4.74 Å². The minimum Gasteiger partial charge on any atom is -0.496 e. The van der Waals surface area contributed by atoms with E-state index in [1.54, 1.807) is 24.1 Å². The average molecular weight is 480 g/mol. The highest BCUT2D eigenvalue weighted by Crippen LogP contribution is 2.30. The molecule has 2 heterocycles. The lowest BCUT2D eigenvalue weighted by atomic mass is 9.89. The normalized spacial score (nSPS) is 14.0. The number of nitrogens with one attached hydrogen (secondary N) is 1. The maximum atomic E-state index is 14.1. The quantitative estimate of drug-likeness (QED) is 0.560. The lowest BCUT2D eigenvalue weighted by Crippen LogP contribution is -2.39. The van der Waals surface area contributed by atoms with Crippen LogP contribution < -0.4 is 10.1 Å². The molecule has 0 saturated carbocycles. The van der Waals surface area contributed by atoms with Crippen LogP contribution in [0.4, 0.5) is 8.78 Å². The number of aromatic nitrogens is 1. The first-order valence-electron chi connectivity index (χ1n) is 11.5. The monoisotopic (exact) mass is 479 g/mol. The zero-order valence-electron chi connectivity index (χ0n) is 19.7. The predicted octanol–water partition coefficient (Wildman–Crippen LogP) is 4.63. The van der Waals surface area contributed by atoms with Crippen molar-refractivity contribution in [2.75, 3.05) is 20.2 Å². The van der Waals surface area contributed by atoms with Gasteiger partial charge in [0.05, 0.1) is 23.9 Å². The van der Waals surface area contributed by atoms with Gasteiger partial charge in [0.25, 0.3) is 11.8 Å². The van der Waals surface area contributed by atoms with Crippen LogP contribution in [-0.2, 0) is 6.54 Å². The van der Waals surface area contributed by atoms with Gasteiger partial charge in [-0.2, -0.15) is 0 Å². The van der Waals surface area contributed by atoms with E-state index in [1.807, 2.05) is 31.2 Å². The Labute approximate surface area is 202 Å². The molecule has 1 saturated heterocycles. The molecule has 35 heavy (non-hydrogen) atoms. The Morgan fingerprint density at radius 3 is 2.49 bits per heavy atom. The van der Waals surface area contributed by atoms with E-state index in [0.29, 0.717) is 55.5 Å². The molecule has 2 aromatic carbocycles. The average Bonchev–Trinajstić information content (AvgIpc) is 2.87. The first-order valence-corrected chi connectivity index (χ1v) is 11.5. The maximum absolute atomic E-state index is 14.1. The number of carbonyl (C=O) groups excluding carboxylic acids is 2. The third kappa shape index (κ3) is 5.48. The van der Waals surface area contributed by atoms with Crippen molar-refractivity contribution in [2.45, 2.75) is 32.2 Å². The van der Waals surface area contributed by atoms with Gasteiger partial charge in [0.1, 0.15) is 17.4 Å². The minimum absolute atomic E-state index is 0.0240. The summed E-state index contributed by atoms with van der Waals surface area (Å²) in [5.41, 5.74) is 2.72. The van der Waals surface area contributed by atoms with E-state index in [1.165, 1.54) is 6.07 Å². The molecule has 1 N–H and O–H groups in total. The predicted molar refractivity (Wildman–Crippen MR) is 127 cm³/mol. The van der Waals surface area contributed by atoms with Gasteiger partial charge in [0.2, 0.25) is 0 Å². The number of amides is 2. The van der Waals surface area contributed by atoms with E-state index in [2.05, 4.69) is 10.3 Å². The highest BCUT2D eigenvalue weighted by atomic mass is 19.1. The highest BCUT2D eigenvalue weighted by Gasteiger charge is 2.29. The number of hydrogen-bond acceptors (Lipinski definition) is 4. The van der Waals surface area contributed by atoms with Crippen molar-refractivity contribution in [3.05, 3.63) is 94.3 Å². The van der Waals surface area contributed by atoms with Gasteiger partial charge in [-0.15, -0.1) is 0 Å². The smallest absolute Gasteiger partial charge is 0.256 e.